The van der Waals surface area contributed by atoms with Crippen molar-refractivity contribution in [1.29, 1.82) is 0 Å². The number of unbranched alkanes of at least 4 members (excludes halogenated alkanes) is 1. The number of pyridine rings is 1. The smallest absolute Gasteiger partial charge is 0.320 e. The molecule has 109 heavy (non-hydrogen) atoms. The van der Waals surface area contributed by atoms with Crippen molar-refractivity contribution >= 4 is 113 Å². The quantitative estimate of drug-likeness (QED) is 0.0127. The molecule has 0 aromatic heterocycles. The molecule has 4 aliphatic rings. The number of nitrogens with one attached hydrogen (secondary N) is 14. The topological polar surface area (TPSA) is 721 Å². The number of aliphatic hydroxyl groups excluding tert-OH is 4. The van der Waals surface area contributed by atoms with Crippen LogP contribution >= 0.6 is 0 Å². The maximum absolute atomic E-state index is 14.2. The molecule has 0 spiro atoms. The van der Waals surface area contributed by atoms with Crippen LogP contribution in [0.4, 0.5) is 11.5 Å². The number of aromatic nitrogens is 1. The van der Waals surface area contributed by atoms with Gasteiger partial charge in [0.1, 0.15) is 72.3 Å². The number of hydrogen-bond donors (Lipinski definition) is 25. The van der Waals surface area contributed by atoms with E-state index in [0.29, 0.717) is 6.42 Å². The lowest BCUT2D eigenvalue weighted by molar-refractivity contribution is -0.150. The fourth-order valence-electron chi connectivity index (χ4n) is 11.0. The number of aromatic hydroxyl groups is 1. The number of anilines is 2. The fraction of sp³-hybridized carbons (Fsp3) is 0.587. The molecule has 604 valence electrons. The van der Waals surface area contributed by atoms with E-state index in [1.807, 2.05) is 0 Å². The predicted molar refractivity (Wildman–Crippen MR) is 371 cm³/mol. The van der Waals surface area contributed by atoms with Crippen LogP contribution in [0.5, 0.6) is 5.75 Å². The number of benzene rings is 1. The third kappa shape index (κ3) is 29.4. The Bertz CT molecular complexity index is 3590. The van der Waals surface area contributed by atoms with Crippen molar-refractivity contribution in [3.05, 3.63) is 28.4 Å². The Labute approximate surface area is 619 Å². The van der Waals surface area contributed by atoms with Crippen LogP contribution in [0.15, 0.2) is 23.0 Å². The molecule has 3 heterocycles. The number of aliphatic hydroxyl groups is 4. The largest absolute Gasteiger partial charge is 0.504 e. The van der Waals surface area contributed by atoms with E-state index in [1.165, 1.54) is 10.6 Å². The lowest BCUT2D eigenvalue weighted by Crippen LogP contribution is -2.60. The number of carboxylic acid groups (broad SMARTS) is 2. The van der Waals surface area contributed by atoms with Crippen molar-refractivity contribution in [2.45, 2.75) is 163 Å². The lowest BCUT2D eigenvalue weighted by Gasteiger charge is -2.34. The minimum absolute atomic E-state index is 0.0160. The zero-order valence-corrected chi connectivity index (χ0v) is 59.0. The van der Waals surface area contributed by atoms with Crippen LogP contribution in [0.1, 0.15) is 102 Å². The highest BCUT2D eigenvalue weighted by molar-refractivity contribution is 6.00. The summed E-state index contributed by atoms with van der Waals surface area (Å²) in [7, 11) is 0. The molecule has 15 amide bonds. The highest BCUT2D eigenvalue weighted by Crippen LogP contribution is 2.40. The number of fused-ring (bicyclic) bond motifs is 3. The number of carbonyl (C=O) groups excluding carboxylic acids is 15. The van der Waals surface area contributed by atoms with Crippen LogP contribution in [0.2, 0.25) is 0 Å². The van der Waals surface area contributed by atoms with Gasteiger partial charge in [0.2, 0.25) is 95.0 Å². The molecule has 4 rings (SSSR count). The van der Waals surface area contributed by atoms with Crippen molar-refractivity contribution in [3.8, 4) is 17.0 Å². The molecule has 3 aliphatic heterocycles. The number of amides is 15. The van der Waals surface area contributed by atoms with Crippen molar-refractivity contribution in [3.63, 3.8) is 0 Å². The molecule has 1 fully saturated rings. The van der Waals surface area contributed by atoms with E-state index in [2.05, 4.69) is 74.4 Å². The normalized spacial score (nSPS) is 18.4. The number of hydrogen-bond acceptors (Lipinski definition) is 28. The molecular formula is C63H95N19O27. The van der Waals surface area contributed by atoms with E-state index in [9.17, 15) is 132 Å². The summed E-state index contributed by atoms with van der Waals surface area (Å²) in [6, 6.07) is -14.5. The molecule has 0 bridgehead atoms. The van der Waals surface area contributed by atoms with Crippen LogP contribution in [-0.4, -0.2) is 295 Å². The first-order chi connectivity index (χ1) is 51.8. The fourth-order valence-corrected chi connectivity index (χ4v) is 11.0. The maximum Gasteiger partial charge on any atom is 0.320 e. The van der Waals surface area contributed by atoms with Crippen molar-refractivity contribution in [2.75, 3.05) is 82.9 Å². The Balaban J connectivity index is 1.45. The molecule has 46 nitrogen and oxygen atoms in total. The number of hydroxylamine groups is 4. The summed E-state index contributed by atoms with van der Waals surface area (Å²) in [6.07, 6.45) is -2.75. The zero-order valence-electron chi connectivity index (χ0n) is 59.0. The molecule has 0 aromatic carbocycles. The third-order valence-corrected chi connectivity index (χ3v) is 16.9. The molecule has 1 saturated heterocycles. The average Bonchev–Trinajstić information content (AvgIpc) is 0.748. The van der Waals surface area contributed by atoms with Gasteiger partial charge in [0.15, 0.2) is 5.75 Å². The van der Waals surface area contributed by atoms with E-state index >= 15 is 0 Å². The summed E-state index contributed by atoms with van der Waals surface area (Å²) in [6.45, 7) is -7.08. The molecule has 0 radical (unpaired) electrons. The van der Waals surface area contributed by atoms with Gasteiger partial charge < -0.3 is 126 Å². The van der Waals surface area contributed by atoms with Crippen LogP contribution in [0, 0.1) is 0 Å². The summed E-state index contributed by atoms with van der Waals surface area (Å²) in [5.41, 5.74) is 10.6. The molecule has 46 heteroatoms. The monoisotopic (exact) mass is 1550 g/mol. The average molecular weight is 1550 g/mol. The van der Waals surface area contributed by atoms with Gasteiger partial charge in [-0.05, 0) is 102 Å². The Kier molecular flexibility index (Phi) is 38.1. The number of phenols is 1. The second-order valence-electron chi connectivity index (χ2n) is 25.1. The van der Waals surface area contributed by atoms with Gasteiger partial charge >= 0.3 is 11.9 Å². The number of carbonyl (C=O) groups is 17. The predicted octanol–water partition coefficient (Wildman–Crippen LogP) is -10.7. The Morgan fingerprint density at radius 2 is 1.13 bits per heavy atom. The highest BCUT2D eigenvalue weighted by Gasteiger charge is 2.38. The van der Waals surface area contributed by atoms with Gasteiger partial charge in [0.25, 0.3) is 0 Å². The van der Waals surface area contributed by atoms with Crippen LogP contribution in [0.3, 0.4) is 0 Å². The van der Waals surface area contributed by atoms with Gasteiger partial charge in [-0.2, -0.15) is 0 Å². The molecule has 27 N–H and O–H groups in total. The summed E-state index contributed by atoms with van der Waals surface area (Å²) >= 11 is 0. The number of rotatable bonds is 42. The van der Waals surface area contributed by atoms with Crippen molar-refractivity contribution in [2.24, 2.45) is 11.5 Å². The zero-order chi connectivity index (χ0) is 81.0. The third-order valence-electron chi connectivity index (χ3n) is 16.9. The molecular weight excluding hydrogens is 1450 g/mol. The van der Waals surface area contributed by atoms with E-state index in [-0.39, 0.29) is 143 Å². The van der Waals surface area contributed by atoms with Gasteiger partial charge in [-0.15, -0.1) is 0 Å². The second kappa shape index (κ2) is 46.0. The Morgan fingerprint density at radius 1 is 0.578 bits per heavy atom. The SMILES string of the molecule is NCCCCC(NC(=O)C(CO)NC(=O)[C@@H]1CCNc2c(NC(=O)CCC(N)C(=O)O)cc3cc(O)c(=O)cc-3n21)C(=O)NCC(=O)NC(CCCN(O)C=O)C(=O)NC(CO)C(=O)NC(CO)C(=O)NCC(=O)NC1CCCCNC(=O)C(CO)NC(=O)C(CCC(=O)O)NC(=O)C(CCCN(O)C=O)NC1=O. The number of aliphatic carboxylic acids is 2. The molecule has 10 unspecified atom stereocenters. The van der Waals surface area contributed by atoms with Gasteiger partial charge in [-0.3, -0.25) is 96.7 Å². The number of nitrogens with zero attached hydrogens (tertiary/aromatic N) is 3. The Morgan fingerprint density at radius 3 is 1.73 bits per heavy atom. The van der Waals surface area contributed by atoms with Gasteiger partial charge in [0.05, 0.1) is 50.9 Å². The summed E-state index contributed by atoms with van der Waals surface area (Å²) in [4.78, 5) is 235. The number of nitrogens with two attached hydrogens (primary N) is 2. The molecule has 0 saturated carbocycles. The summed E-state index contributed by atoms with van der Waals surface area (Å²) in [5, 5.41) is 123. The van der Waals surface area contributed by atoms with Crippen molar-refractivity contribution in [1.82, 2.24) is 78.5 Å². The second-order valence-corrected chi connectivity index (χ2v) is 25.1. The van der Waals surface area contributed by atoms with Crippen LogP contribution in [-0.2, 0) is 81.5 Å². The summed E-state index contributed by atoms with van der Waals surface area (Å²) < 4.78 is 1.31. The first-order valence-electron chi connectivity index (χ1n) is 34.5. The van der Waals surface area contributed by atoms with E-state index < -0.39 is 232 Å². The maximum atomic E-state index is 14.2. The van der Waals surface area contributed by atoms with E-state index in [0.717, 1.165) is 12.1 Å². The van der Waals surface area contributed by atoms with Gasteiger partial charge in [-0.1, -0.05) is 0 Å². The minimum Gasteiger partial charge on any atom is -0.504 e. The summed E-state index contributed by atoms with van der Waals surface area (Å²) in [5.74, 6) is -17.3. The first kappa shape index (κ1) is 90.1. The van der Waals surface area contributed by atoms with Gasteiger partial charge in [0, 0.05) is 50.7 Å². The molecule has 11 atom stereocenters. The number of carboxylic acids is 2. The minimum atomic E-state index is -1.99. The Hall–Kier alpha value is -11.3. The lowest BCUT2D eigenvalue weighted by atomic mass is 10.0. The van der Waals surface area contributed by atoms with Crippen LogP contribution in [0.25, 0.3) is 11.3 Å². The highest BCUT2D eigenvalue weighted by atomic mass is 16.5. The number of phenolic OH excluding ortho intramolecular Hbond substituents is 1. The molecule has 1 aliphatic carbocycles. The van der Waals surface area contributed by atoms with Crippen LogP contribution < -0.4 is 91.3 Å². The van der Waals surface area contributed by atoms with E-state index in [1.54, 1.807) is 0 Å². The first-order valence-corrected chi connectivity index (χ1v) is 34.5. The molecule has 0 aromatic rings. The van der Waals surface area contributed by atoms with E-state index in [4.69, 9.17) is 11.5 Å². The van der Waals surface area contributed by atoms with Crippen molar-refractivity contribution < 1.29 is 128 Å². The standard InChI is InChI=1S/C63H95N19O27/c64-16-3-1-7-34(73-60(103)43(29-86)79-62(105)44-15-18-66-52-39(72-48(91)13-11-33(65)63(106)107)21-32-22-46(89)47(90)23-45(32)82(44)52)53(96)68-24-49(92)71-36(9-5-19-80(108)30-87)57(100)78-42(28-85)61(104)77-41(27-84)55(98)69-25-50(93)70-35-8-2-4-17-67-54(97)40(26-83)76-59(102)38(12-14-51(94)95)75-58(101)37(74-56(35)99)10-6-20-81(109)31-88/h21-23,30-31,33-38,40-44,66,83-86,89,108-109H,1-20,24-29,64-65H2,(H,67,97)(H,68,96)(H,69,98)(H,70,93)(H,71,92)(H,72,91)(H,73,103)(H,74,99)(H,75,101)(H,76,102)(H,77,104)(H,78,100)(H,79,105)(H,94,95)(H,106,107)/t33?,34?,35?,36?,37?,38?,40?,41?,42?,43?,44-/m0/s1. The van der Waals surface area contributed by atoms with Gasteiger partial charge in [-0.25, -0.2) is 10.1 Å².